The highest BCUT2D eigenvalue weighted by molar-refractivity contribution is 5.62. The maximum atomic E-state index is 9.17. The van der Waals surface area contributed by atoms with Crippen molar-refractivity contribution >= 4 is 5.97 Å². The highest BCUT2D eigenvalue weighted by atomic mass is 16.5. The van der Waals surface area contributed by atoms with E-state index in [0.717, 1.165) is 31.1 Å². The molecule has 0 aromatic heterocycles. The van der Waals surface area contributed by atoms with Crippen molar-refractivity contribution in [3.8, 4) is 5.75 Å². The van der Waals surface area contributed by atoms with Gasteiger partial charge in [-0.1, -0.05) is 24.6 Å². The largest absolute Gasteiger partial charge is 0.490 e. The topological polar surface area (TPSA) is 66.8 Å². The Kier molecular flexibility index (Phi) is 6.97. The highest BCUT2D eigenvalue weighted by Crippen LogP contribution is 2.25. The molecule has 1 aliphatic rings. The van der Waals surface area contributed by atoms with E-state index in [9.17, 15) is 0 Å². The van der Waals surface area contributed by atoms with Crippen molar-refractivity contribution < 1.29 is 19.7 Å². The zero-order valence-electron chi connectivity index (χ0n) is 11.3. The second-order valence-corrected chi connectivity index (χ2v) is 4.66. The molecule has 4 heteroatoms. The number of carboxylic acid groups (broad SMARTS) is 1. The molecule has 1 saturated carbocycles. The van der Waals surface area contributed by atoms with E-state index in [1.807, 2.05) is 24.3 Å². The van der Waals surface area contributed by atoms with Crippen LogP contribution < -0.4 is 4.74 Å². The van der Waals surface area contributed by atoms with Gasteiger partial charge in [-0.2, -0.15) is 0 Å². The summed E-state index contributed by atoms with van der Waals surface area (Å²) in [4.78, 5) is 9.00. The van der Waals surface area contributed by atoms with Crippen LogP contribution in [0.25, 0.3) is 0 Å². The summed E-state index contributed by atoms with van der Waals surface area (Å²) in [5.41, 5.74) is 0.892. The molecule has 4 nitrogen and oxygen atoms in total. The molecule has 0 atom stereocenters. The Morgan fingerprint density at radius 2 is 1.84 bits per heavy atom. The van der Waals surface area contributed by atoms with E-state index in [0.29, 0.717) is 6.10 Å². The summed E-state index contributed by atoms with van der Waals surface area (Å²) in [6, 6.07) is 7.74. The lowest BCUT2D eigenvalue weighted by atomic mass is 9.98. The third kappa shape index (κ3) is 6.25. The first-order valence-electron chi connectivity index (χ1n) is 6.68. The summed E-state index contributed by atoms with van der Waals surface area (Å²) in [6.07, 6.45) is 6.53. The van der Waals surface area contributed by atoms with E-state index >= 15 is 0 Å². The van der Waals surface area contributed by atoms with Crippen LogP contribution >= 0.6 is 0 Å². The zero-order chi connectivity index (χ0) is 14.1. The molecule has 0 radical (unpaired) electrons. The Morgan fingerprint density at radius 1 is 1.26 bits per heavy atom. The maximum absolute atomic E-state index is 9.17. The number of aliphatic hydroxyl groups excluding tert-OH is 1. The van der Waals surface area contributed by atoms with E-state index < -0.39 is 5.97 Å². The summed E-state index contributed by atoms with van der Waals surface area (Å²) in [5.74, 6) is 0.0203. The first-order valence-corrected chi connectivity index (χ1v) is 6.68. The number of carboxylic acids is 1. The van der Waals surface area contributed by atoms with Gasteiger partial charge in [-0.3, -0.25) is 4.79 Å². The average Bonchev–Trinajstić information content (AvgIpc) is 2.40. The molecule has 0 saturated heterocycles. The second-order valence-electron chi connectivity index (χ2n) is 4.66. The van der Waals surface area contributed by atoms with E-state index in [2.05, 4.69) is 0 Å². The number of aliphatic hydroxyl groups is 1. The Labute approximate surface area is 114 Å². The van der Waals surface area contributed by atoms with Crippen molar-refractivity contribution in [2.24, 2.45) is 0 Å². The summed E-state index contributed by atoms with van der Waals surface area (Å²) >= 11 is 0. The van der Waals surface area contributed by atoms with E-state index in [4.69, 9.17) is 19.7 Å². The third-order valence-corrected chi connectivity index (χ3v) is 2.99. The summed E-state index contributed by atoms with van der Waals surface area (Å²) in [5, 5.41) is 16.6. The van der Waals surface area contributed by atoms with Gasteiger partial charge in [-0.25, -0.2) is 0 Å². The quantitative estimate of drug-likeness (QED) is 0.882. The summed E-state index contributed by atoms with van der Waals surface area (Å²) in [7, 11) is 0. The van der Waals surface area contributed by atoms with Crippen molar-refractivity contribution in [2.45, 2.75) is 51.7 Å². The van der Waals surface area contributed by atoms with Gasteiger partial charge >= 0.3 is 0 Å². The standard InChI is InChI=1S/C13H18O2.C2H4O2/c14-10-11-6-4-5-9-13(11)15-12-7-2-1-3-8-12;1-2(3)4/h4-6,9,12,14H,1-3,7-8,10H2;1H3,(H,3,4). The van der Waals surface area contributed by atoms with Crippen molar-refractivity contribution in [2.75, 3.05) is 0 Å². The van der Waals surface area contributed by atoms with Crippen LogP contribution in [0.3, 0.4) is 0 Å². The lowest BCUT2D eigenvalue weighted by Gasteiger charge is -2.24. The Hall–Kier alpha value is -1.55. The lowest BCUT2D eigenvalue weighted by Crippen LogP contribution is -2.20. The molecule has 2 N–H and O–H groups in total. The molecule has 0 bridgehead atoms. The Balaban J connectivity index is 0.000000399. The lowest BCUT2D eigenvalue weighted by molar-refractivity contribution is -0.134. The molecule has 19 heavy (non-hydrogen) atoms. The zero-order valence-corrected chi connectivity index (χ0v) is 11.3. The number of carbonyl (C=O) groups is 1. The minimum atomic E-state index is -0.833. The van der Waals surface area contributed by atoms with Gasteiger partial charge < -0.3 is 14.9 Å². The monoisotopic (exact) mass is 266 g/mol. The molecular formula is C15H22O4. The number of benzene rings is 1. The number of para-hydroxylation sites is 1. The molecule has 0 spiro atoms. The molecule has 106 valence electrons. The van der Waals surface area contributed by atoms with Crippen molar-refractivity contribution in [3.63, 3.8) is 0 Å². The van der Waals surface area contributed by atoms with Crippen molar-refractivity contribution in [1.29, 1.82) is 0 Å². The number of hydrogen-bond donors (Lipinski definition) is 2. The molecule has 1 fully saturated rings. The van der Waals surface area contributed by atoms with Crippen LogP contribution in [-0.4, -0.2) is 22.3 Å². The molecule has 1 aromatic rings. The molecule has 1 aromatic carbocycles. The fourth-order valence-corrected chi connectivity index (χ4v) is 2.11. The van der Waals surface area contributed by atoms with Gasteiger partial charge in [0, 0.05) is 12.5 Å². The number of rotatable bonds is 3. The normalized spacial score (nSPS) is 15.3. The first-order chi connectivity index (χ1) is 9.13. The minimum Gasteiger partial charge on any atom is -0.490 e. The second kappa shape index (κ2) is 8.53. The fourth-order valence-electron chi connectivity index (χ4n) is 2.11. The van der Waals surface area contributed by atoms with Gasteiger partial charge in [0.15, 0.2) is 0 Å². The van der Waals surface area contributed by atoms with Crippen LogP contribution in [-0.2, 0) is 11.4 Å². The van der Waals surface area contributed by atoms with E-state index in [1.165, 1.54) is 19.3 Å². The minimum absolute atomic E-state index is 0.0584. The summed E-state index contributed by atoms with van der Waals surface area (Å²) in [6.45, 7) is 1.14. The van der Waals surface area contributed by atoms with Crippen LogP contribution in [0, 0.1) is 0 Å². The van der Waals surface area contributed by atoms with Gasteiger partial charge in [0.2, 0.25) is 0 Å². The van der Waals surface area contributed by atoms with Crippen molar-refractivity contribution in [3.05, 3.63) is 29.8 Å². The predicted octanol–water partition coefficient (Wildman–Crippen LogP) is 2.98. The Bertz CT molecular complexity index is 379. The smallest absolute Gasteiger partial charge is 0.300 e. The molecule has 1 aliphatic carbocycles. The molecule has 0 unspecified atom stereocenters. The molecule has 0 heterocycles. The SMILES string of the molecule is CC(=O)O.OCc1ccccc1OC1CCCCC1. The number of ether oxygens (including phenoxy) is 1. The van der Waals surface area contributed by atoms with Gasteiger partial charge in [-0.15, -0.1) is 0 Å². The van der Waals surface area contributed by atoms with Crippen LogP contribution in [0.5, 0.6) is 5.75 Å². The van der Waals surface area contributed by atoms with Crippen molar-refractivity contribution in [1.82, 2.24) is 0 Å². The molecule has 0 amide bonds. The van der Waals surface area contributed by atoms with Crippen LogP contribution in [0.15, 0.2) is 24.3 Å². The van der Waals surface area contributed by atoms with Gasteiger partial charge in [0.05, 0.1) is 12.7 Å². The maximum Gasteiger partial charge on any atom is 0.300 e. The first kappa shape index (κ1) is 15.5. The fraction of sp³-hybridized carbons (Fsp3) is 0.533. The molecule has 0 aliphatic heterocycles. The molecular weight excluding hydrogens is 244 g/mol. The summed E-state index contributed by atoms with van der Waals surface area (Å²) < 4.78 is 5.92. The van der Waals surface area contributed by atoms with Gasteiger partial charge in [-0.05, 0) is 31.7 Å². The third-order valence-electron chi connectivity index (χ3n) is 2.99. The molecule has 2 rings (SSSR count). The van der Waals surface area contributed by atoms with E-state index in [-0.39, 0.29) is 6.61 Å². The van der Waals surface area contributed by atoms with Crippen LogP contribution in [0.4, 0.5) is 0 Å². The van der Waals surface area contributed by atoms with Crippen LogP contribution in [0.1, 0.15) is 44.6 Å². The van der Waals surface area contributed by atoms with E-state index in [1.54, 1.807) is 0 Å². The number of hydrogen-bond acceptors (Lipinski definition) is 3. The highest BCUT2D eigenvalue weighted by Gasteiger charge is 2.15. The number of aliphatic carboxylic acids is 1. The Morgan fingerprint density at radius 3 is 2.42 bits per heavy atom. The van der Waals surface area contributed by atoms with Gasteiger partial charge in [0.1, 0.15) is 5.75 Å². The average molecular weight is 266 g/mol. The predicted molar refractivity (Wildman–Crippen MR) is 73.2 cm³/mol. The van der Waals surface area contributed by atoms with Crippen LogP contribution in [0.2, 0.25) is 0 Å². The van der Waals surface area contributed by atoms with Gasteiger partial charge in [0.25, 0.3) is 5.97 Å².